The Hall–Kier alpha value is -1.34. The highest BCUT2D eigenvalue weighted by molar-refractivity contribution is 8.15. The Kier molecular flexibility index (Phi) is 3.37. The van der Waals surface area contributed by atoms with Crippen LogP contribution < -0.4 is 11.5 Å². The van der Waals surface area contributed by atoms with Gasteiger partial charge in [0.1, 0.15) is 18.0 Å². The van der Waals surface area contributed by atoms with Gasteiger partial charge in [0.15, 0.2) is 5.17 Å². The quantitative estimate of drug-likeness (QED) is 0.834. The largest absolute Gasteiger partial charge is 0.399 e. The van der Waals surface area contributed by atoms with Crippen molar-refractivity contribution in [2.24, 2.45) is 16.6 Å². The fraction of sp³-hybridized carbons (Fsp3) is 0.500. The minimum absolute atomic E-state index is 0.149. The van der Waals surface area contributed by atoms with Gasteiger partial charge in [-0.05, 0) is 24.6 Å². The average molecular weight is 313 g/mol. The van der Waals surface area contributed by atoms with E-state index in [0.29, 0.717) is 18.7 Å². The van der Waals surface area contributed by atoms with Crippen molar-refractivity contribution in [1.29, 1.82) is 0 Å². The minimum atomic E-state index is -1.30. The highest BCUT2D eigenvalue weighted by Gasteiger charge is 2.68. The van der Waals surface area contributed by atoms with E-state index >= 15 is 0 Å². The summed E-state index contributed by atoms with van der Waals surface area (Å²) in [4.78, 5) is 4.29. The lowest BCUT2D eigenvalue weighted by Crippen LogP contribution is -2.41. The summed E-state index contributed by atoms with van der Waals surface area (Å²) >= 11 is 1.39. The maximum Gasteiger partial charge on any atom is 0.155 e. The second-order valence-electron chi connectivity index (χ2n) is 5.60. The third-order valence-electron chi connectivity index (χ3n) is 4.27. The van der Waals surface area contributed by atoms with Gasteiger partial charge in [0.05, 0.1) is 11.4 Å². The molecule has 1 aliphatic carbocycles. The molecule has 1 aliphatic heterocycles. The van der Waals surface area contributed by atoms with Crippen molar-refractivity contribution in [2.75, 3.05) is 26.1 Å². The number of ether oxygens (including phenoxy) is 1. The molecule has 1 aromatic carbocycles. The number of thioether (sulfide) groups is 1. The number of fused-ring (bicyclic) bond motifs is 1. The summed E-state index contributed by atoms with van der Waals surface area (Å²) in [5, 5.41) is 0.264. The van der Waals surface area contributed by atoms with Crippen molar-refractivity contribution < 1.29 is 13.5 Å². The maximum absolute atomic E-state index is 14.2. The molecule has 2 aliphatic rings. The van der Waals surface area contributed by atoms with E-state index in [1.807, 2.05) is 0 Å². The van der Waals surface area contributed by atoms with Gasteiger partial charge in [0.25, 0.3) is 0 Å². The molecule has 0 unspecified atom stereocenters. The maximum atomic E-state index is 14.2. The summed E-state index contributed by atoms with van der Waals surface area (Å²) in [6.45, 7) is -0.380. The molecule has 1 heterocycles. The summed E-state index contributed by atoms with van der Waals surface area (Å²) in [5.41, 5.74) is 10.9. The third kappa shape index (κ3) is 2.10. The van der Waals surface area contributed by atoms with Crippen LogP contribution in [0.2, 0.25) is 0 Å². The SMILES string of the molecule is COC[C@]12C[C@H]1[C@@](CF)(c1cc(N)ccc1F)N=C(N)S2. The fourth-order valence-electron chi connectivity index (χ4n) is 3.26. The zero-order chi connectivity index (χ0) is 15.3. The zero-order valence-corrected chi connectivity index (χ0v) is 12.4. The standard InChI is InChI=1S/C14H17F2N3OS/c1-20-7-13-5-11(13)14(6-15,19-12(18)21-13)9-4-8(17)2-3-10(9)16/h2-4,11H,5-7,17H2,1H3,(H2,18,19)/t11-,13-,14-/m1/s1. The van der Waals surface area contributed by atoms with Crippen LogP contribution in [0.3, 0.4) is 0 Å². The molecular weight excluding hydrogens is 296 g/mol. The predicted molar refractivity (Wildman–Crippen MR) is 80.4 cm³/mol. The summed E-state index contributed by atoms with van der Waals surface area (Å²) in [7, 11) is 1.59. The van der Waals surface area contributed by atoms with E-state index in [0.717, 1.165) is 0 Å². The lowest BCUT2D eigenvalue weighted by Gasteiger charge is -2.35. The van der Waals surface area contributed by atoms with E-state index in [9.17, 15) is 8.78 Å². The van der Waals surface area contributed by atoms with Crippen LogP contribution in [0.15, 0.2) is 23.2 Å². The topological polar surface area (TPSA) is 73.6 Å². The first-order chi connectivity index (χ1) is 9.97. The Morgan fingerprint density at radius 2 is 2.24 bits per heavy atom. The van der Waals surface area contributed by atoms with Gasteiger partial charge in [0, 0.05) is 24.3 Å². The lowest BCUT2D eigenvalue weighted by molar-refractivity contribution is 0.176. The van der Waals surface area contributed by atoms with E-state index in [2.05, 4.69) is 4.99 Å². The molecular formula is C14H17F2N3OS. The van der Waals surface area contributed by atoms with E-state index in [-0.39, 0.29) is 21.4 Å². The average Bonchev–Trinajstić information content (AvgIpc) is 3.15. The van der Waals surface area contributed by atoms with Gasteiger partial charge in [-0.2, -0.15) is 0 Å². The van der Waals surface area contributed by atoms with Crippen LogP contribution in [0.5, 0.6) is 0 Å². The van der Waals surface area contributed by atoms with Gasteiger partial charge in [-0.3, -0.25) is 0 Å². The molecule has 4 N–H and O–H groups in total. The Bertz CT molecular complexity index is 612. The number of halogens is 2. The van der Waals surface area contributed by atoms with Gasteiger partial charge in [0.2, 0.25) is 0 Å². The number of methoxy groups -OCH3 is 1. The van der Waals surface area contributed by atoms with Crippen molar-refractivity contribution in [3.63, 3.8) is 0 Å². The molecule has 3 atom stereocenters. The molecule has 21 heavy (non-hydrogen) atoms. The Labute approximate surface area is 125 Å². The third-order valence-corrected chi connectivity index (χ3v) is 5.54. The molecule has 1 aromatic rings. The number of hydrogen-bond donors (Lipinski definition) is 2. The van der Waals surface area contributed by atoms with Crippen LogP contribution in [0.1, 0.15) is 12.0 Å². The van der Waals surface area contributed by atoms with Crippen LogP contribution in [0.25, 0.3) is 0 Å². The fourth-order valence-corrected chi connectivity index (χ4v) is 4.65. The first-order valence-corrected chi connectivity index (χ1v) is 7.44. The molecule has 0 bridgehead atoms. The van der Waals surface area contributed by atoms with Gasteiger partial charge in [-0.1, -0.05) is 11.8 Å². The smallest absolute Gasteiger partial charge is 0.155 e. The molecule has 0 saturated heterocycles. The zero-order valence-electron chi connectivity index (χ0n) is 11.6. The summed E-state index contributed by atoms with van der Waals surface area (Å²) in [5.74, 6) is -0.660. The number of nitrogens with zero attached hydrogens (tertiary/aromatic N) is 1. The number of nitrogen functional groups attached to an aromatic ring is 1. The van der Waals surface area contributed by atoms with Gasteiger partial charge < -0.3 is 16.2 Å². The summed E-state index contributed by atoms with van der Waals surface area (Å²) in [6.07, 6.45) is 0.688. The van der Waals surface area contributed by atoms with Crippen molar-refractivity contribution in [1.82, 2.24) is 0 Å². The number of hydrogen-bond acceptors (Lipinski definition) is 5. The van der Waals surface area contributed by atoms with E-state index in [1.165, 1.54) is 30.0 Å². The number of nitrogens with two attached hydrogens (primary N) is 2. The van der Waals surface area contributed by atoms with Crippen LogP contribution in [-0.4, -0.2) is 30.3 Å². The van der Waals surface area contributed by atoms with Crippen molar-refractivity contribution in [2.45, 2.75) is 16.7 Å². The molecule has 3 rings (SSSR count). The highest BCUT2D eigenvalue weighted by Crippen LogP contribution is 2.66. The van der Waals surface area contributed by atoms with Gasteiger partial charge in [-0.15, -0.1) is 0 Å². The number of amidine groups is 1. The lowest BCUT2D eigenvalue weighted by atomic mass is 9.84. The molecule has 1 fully saturated rings. The van der Waals surface area contributed by atoms with Gasteiger partial charge in [-0.25, -0.2) is 13.8 Å². The Balaban J connectivity index is 2.12. The highest BCUT2D eigenvalue weighted by atomic mass is 32.2. The number of anilines is 1. The Morgan fingerprint density at radius 1 is 1.48 bits per heavy atom. The first kappa shape index (κ1) is 14.6. The number of alkyl halides is 1. The van der Waals surface area contributed by atoms with Gasteiger partial charge >= 0.3 is 0 Å². The van der Waals surface area contributed by atoms with Crippen molar-refractivity contribution >= 4 is 22.6 Å². The van der Waals surface area contributed by atoms with Crippen LogP contribution in [-0.2, 0) is 10.3 Å². The van der Waals surface area contributed by atoms with E-state index in [4.69, 9.17) is 16.2 Å². The molecule has 0 spiro atoms. The van der Waals surface area contributed by atoms with Crippen molar-refractivity contribution in [3.05, 3.63) is 29.6 Å². The van der Waals surface area contributed by atoms with Crippen LogP contribution in [0, 0.1) is 11.7 Å². The molecule has 4 nitrogen and oxygen atoms in total. The predicted octanol–water partition coefficient (Wildman–Crippen LogP) is 2.04. The summed E-state index contributed by atoms with van der Waals surface area (Å²) in [6, 6.07) is 4.15. The number of rotatable bonds is 4. The minimum Gasteiger partial charge on any atom is -0.399 e. The second kappa shape index (κ2) is 4.84. The normalized spacial score (nSPS) is 34.2. The van der Waals surface area contributed by atoms with E-state index < -0.39 is 18.0 Å². The Morgan fingerprint density at radius 3 is 2.90 bits per heavy atom. The second-order valence-corrected chi connectivity index (χ2v) is 7.04. The monoisotopic (exact) mass is 313 g/mol. The van der Waals surface area contributed by atoms with Crippen LogP contribution >= 0.6 is 11.8 Å². The molecule has 1 saturated carbocycles. The molecule has 0 amide bonds. The van der Waals surface area contributed by atoms with Crippen LogP contribution in [0.4, 0.5) is 14.5 Å². The summed E-state index contributed by atoms with van der Waals surface area (Å²) < 4.78 is 33.1. The number of benzene rings is 1. The van der Waals surface area contributed by atoms with Crippen molar-refractivity contribution in [3.8, 4) is 0 Å². The first-order valence-electron chi connectivity index (χ1n) is 6.62. The van der Waals surface area contributed by atoms with E-state index in [1.54, 1.807) is 7.11 Å². The molecule has 0 radical (unpaired) electrons. The molecule has 114 valence electrons. The molecule has 7 heteroatoms. The molecule has 0 aromatic heterocycles. The number of aliphatic imine (C=N–C) groups is 1.